The van der Waals surface area contributed by atoms with Gasteiger partial charge in [0, 0.05) is 55.2 Å². The van der Waals surface area contributed by atoms with Crippen LogP contribution < -0.4 is 0 Å². The fraction of sp³-hybridized carbons (Fsp3) is 0.174. The Labute approximate surface area is 176 Å². The Bertz CT molecular complexity index is 1130. The third kappa shape index (κ3) is 4.53. The van der Waals surface area contributed by atoms with Crippen LogP contribution in [0, 0.1) is 0 Å². The van der Waals surface area contributed by atoms with Crippen LogP contribution in [0.5, 0.6) is 0 Å². The Morgan fingerprint density at radius 1 is 0.833 bits per heavy atom. The summed E-state index contributed by atoms with van der Waals surface area (Å²) in [5.74, 6) is -0.0825. The van der Waals surface area contributed by atoms with Crippen molar-refractivity contribution in [2.45, 2.75) is 0 Å². The van der Waals surface area contributed by atoms with Gasteiger partial charge in [-0.05, 0) is 42.0 Å². The van der Waals surface area contributed by atoms with Crippen LogP contribution in [0.2, 0.25) is 0 Å². The molecule has 0 atom stereocenters. The number of rotatable bonds is 5. The van der Waals surface area contributed by atoms with Crippen LogP contribution >= 0.6 is 0 Å². The van der Waals surface area contributed by atoms with Crippen LogP contribution in [0.15, 0.2) is 84.5 Å². The molecule has 30 heavy (non-hydrogen) atoms. The zero-order valence-corrected chi connectivity index (χ0v) is 17.3. The first-order valence-electron chi connectivity index (χ1n) is 9.79. The minimum absolute atomic E-state index is 0.0825. The highest BCUT2D eigenvalue weighted by molar-refractivity contribution is 7.92. The van der Waals surface area contributed by atoms with E-state index in [1.54, 1.807) is 17.0 Å². The number of hydrogen-bond donors (Lipinski definition) is 0. The van der Waals surface area contributed by atoms with Crippen molar-refractivity contribution in [3.05, 3.63) is 95.7 Å². The van der Waals surface area contributed by atoms with E-state index in [-0.39, 0.29) is 19.0 Å². The number of piperazine rings is 1. The lowest BCUT2D eigenvalue weighted by atomic mass is 10.1. The number of sulfonamides is 1. The average molecular weight is 422 g/mol. The Morgan fingerprint density at radius 2 is 1.53 bits per heavy atom. The van der Waals surface area contributed by atoms with Crippen LogP contribution in [-0.4, -0.2) is 54.3 Å². The minimum atomic E-state index is -3.52. The van der Waals surface area contributed by atoms with Gasteiger partial charge in [-0.15, -0.1) is 0 Å². The molecule has 1 aliphatic heterocycles. The summed E-state index contributed by atoms with van der Waals surface area (Å²) in [7, 11) is -3.52. The molecule has 1 amide bonds. The molecule has 154 valence electrons. The van der Waals surface area contributed by atoms with Crippen molar-refractivity contribution in [1.29, 1.82) is 0 Å². The first-order valence-corrected chi connectivity index (χ1v) is 11.3. The molecule has 7 heteroatoms. The Balaban J connectivity index is 1.40. The van der Waals surface area contributed by atoms with Crippen molar-refractivity contribution in [3.8, 4) is 5.69 Å². The zero-order chi connectivity index (χ0) is 21.0. The lowest BCUT2D eigenvalue weighted by molar-refractivity contribution is 0.0698. The maximum atomic E-state index is 12.9. The van der Waals surface area contributed by atoms with E-state index in [0.717, 1.165) is 11.3 Å². The molecule has 0 bridgehead atoms. The van der Waals surface area contributed by atoms with Gasteiger partial charge in [-0.2, -0.15) is 4.31 Å². The molecule has 1 aromatic heterocycles. The predicted molar refractivity (Wildman–Crippen MR) is 118 cm³/mol. The fourth-order valence-corrected chi connectivity index (χ4v) is 4.62. The van der Waals surface area contributed by atoms with Gasteiger partial charge in [0.1, 0.15) is 0 Å². The molecule has 0 spiro atoms. The molecular formula is C23H23N3O3S. The molecule has 1 saturated heterocycles. The number of hydrogen-bond acceptors (Lipinski definition) is 3. The van der Waals surface area contributed by atoms with Crippen molar-refractivity contribution in [3.63, 3.8) is 0 Å². The predicted octanol–water partition coefficient (Wildman–Crippen LogP) is 3.24. The molecule has 2 heterocycles. The Hall–Kier alpha value is -3.16. The van der Waals surface area contributed by atoms with Gasteiger partial charge >= 0.3 is 0 Å². The van der Waals surface area contributed by atoms with Gasteiger partial charge in [0.2, 0.25) is 10.0 Å². The number of amides is 1. The summed E-state index contributed by atoms with van der Waals surface area (Å²) in [6.45, 7) is 1.30. The lowest BCUT2D eigenvalue weighted by Gasteiger charge is -2.33. The lowest BCUT2D eigenvalue weighted by Crippen LogP contribution is -2.50. The van der Waals surface area contributed by atoms with Gasteiger partial charge in [-0.1, -0.05) is 36.4 Å². The number of carbonyl (C=O) groups is 1. The summed E-state index contributed by atoms with van der Waals surface area (Å²) >= 11 is 0. The number of benzene rings is 2. The summed E-state index contributed by atoms with van der Waals surface area (Å²) in [6.07, 6.45) is 5.45. The van der Waals surface area contributed by atoms with Gasteiger partial charge in [-0.3, -0.25) is 4.79 Å². The molecule has 1 aliphatic rings. The zero-order valence-electron chi connectivity index (χ0n) is 16.5. The third-order valence-corrected chi connectivity index (χ3v) is 6.68. The quantitative estimate of drug-likeness (QED) is 0.635. The monoisotopic (exact) mass is 421 g/mol. The molecule has 4 rings (SSSR count). The van der Waals surface area contributed by atoms with E-state index in [4.69, 9.17) is 0 Å². The van der Waals surface area contributed by atoms with E-state index in [0.29, 0.717) is 18.7 Å². The SMILES string of the molecule is O=C(c1cccc(-n2cccc2)c1)N1CCN(S(=O)(=O)C=Cc2ccccc2)CC1. The van der Waals surface area contributed by atoms with E-state index in [2.05, 4.69) is 0 Å². The normalized spacial score (nSPS) is 15.5. The molecule has 0 N–H and O–H groups in total. The maximum Gasteiger partial charge on any atom is 0.254 e. The summed E-state index contributed by atoms with van der Waals surface area (Å²) in [6, 6.07) is 20.6. The molecule has 6 nitrogen and oxygen atoms in total. The van der Waals surface area contributed by atoms with Gasteiger partial charge in [0.15, 0.2) is 0 Å². The third-order valence-electron chi connectivity index (χ3n) is 5.11. The first-order chi connectivity index (χ1) is 14.5. The minimum Gasteiger partial charge on any atom is -0.336 e. The number of aromatic nitrogens is 1. The Morgan fingerprint density at radius 3 is 2.23 bits per heavy atom. The topological polar surface area (TPSA) is 62.6 Å². The summed E-state index contributed by atoms with van der Waals surface area (Å²) in [4.78, 5) is 14.6. The number of nitrogens with zero attached hydrogens (tertiary/aromatic N) is 3. The second-order valence-corrected chi connectivity index (χ2v) is 8.91. The van der Waals surface area contributed by atoms with Crippen LogP contribution in [0.25, 0.3) is 11.8 Å². The smallest absolute Gasteiger partial charge is 0.254 e. The highest BCUT2D eigenvalue weighted by Crippen LogP contribution is 2.16. The standard InChI is InChI=1S/C23H23N3O3S/c27-23(21-9-6-10-22(19-21)24-12-4-5-13-24)25-14-16-26(17-15-25)30(28,29)18-11-20-7-2-1-3-8-20/h1-13,18-19H,14-17H2. The van der Waals surface area contributed by atoms with Gasteiger partial charge in [0.05, 0.1) is 0 Å². The number of carbonyl (C=O) groups excluding carboxylic acids is 1. The van der Waals surface area contributed by atoms with Crippen LogP contribution in [0.3, 0.4) is 0 Å². The highest BCUT2D eigenvalue weighted by atomic mass is 32.2. The second-order valence-electron chi connectivity index (χ2n) is 7.09. The van der Waals surface area contributed by atoms with Crippen LogP contribution in [0.4, 0.5) is 0 Å². The van der Waals surface area contributed by atoms with Crippen molar-refractivity contribution in [2.75, 3.05) is 26.2 Å². The summed E-state index contributed by atoms with van der Waals surface area (Å²) < 4.78 is 28.6. The summed E-state index contributed by atoms with van der Waals surface area (Å²) in [5, 5.41) is 1.24. The van der Waals surface area contributed by atoms with Crippen molar-refractivity contribution in [2.24, 2.45) is 0 Å². The van der Waals surface area contributed by atoms with Crippen molar-refractivity contribution in [1.82, 2.24) is 13.8 Å². The largest absolute Gasteiger partial charge is 0.336 e. The molecule has 0 unspecified atom stereocenters. The van der Waals surface area contributed by atoms with Gasteiger partial charge in [-0.25, -0.2) is 8.42 Å². The molecule has 0 radical (unpaired) electrons. The molecule has 3 aromatic rings. The second kappa shape index (κ2) is 8.69. The fourth-order valence-electron chi connectivity index (χ4n) is 3.45. The van der Waals surface area contributed by atoms with Crippen molar-refractivity contribution >= 4 is 22.0 Å². The van der Waals surface area contributed by atoms with Crippen LogP contribution in [0.1, 0.15) is 15.9 Å². The molecule has 1 fully saturated rings. The van der Waals surface area contributed by atoms with E-state index in [1.807, 2.05) is 77.6 Å². The van der Waals surface area contributed by atoms with E-state index < -0.39 is 10.0 Å². The average Bonchev–Trinajstić information content (AvgIpc) is 3.33. The Kier molecular flexibility index (Phi) is 5.83. The van der Waals surface area contributed by atoms with Gasteiger partial charge < -0.3 is 9.47 Å². The molecule has 2 aromatic carbocycles. The highest BCUT2D eigenvalue weighted by Gasteiger charge is 2.27. The van der Waals surface area contributed by atoms with E-state index in [1.165, 1.54) is 9.71 Å². The maximum absolute atomic E-state index is 12.9. The molecular weight excluding hydrogens is 398 g/mol. The molecule has 0 aliphatic carbocycles. The first kappa shape index (κ1) is 20.1. The van der Waals surface area contributed by atoms with E-state index >= 15 is 0 Å². The van der Waals surface area contributed by atoms with Crippen LogP contribution in [-0.2, 0) is 10.0 Å². The van der Waals surface area contributed by atoms with E-state index in [9.17, 15) is 13.2 Å². The van der Waals surface area contributed by atoms with Gasteiger partial charge in [0.25, 0.3) is 5.91 Å². The van der Waals surface area contributed by atoms with Crippen molar-refractivity contribution < 1.29 is 13.2 Å². The summed E-state index contributed by atoms with van der Waals surface area (Å²) in [5.41, 5.74) is 2.34. The molecule has 0 saturated carbocycles.